The van der Waals surface area contributed by atoms with E-state index in [4.69, 9.17) is 10.1 Å². The summed E-state index contributed by atoms with van der Waals surface area (Å²) < 4.78 is 2.09. The van der Waals surface area contributed by atoms with Gasteiger partial charge in [-0.3, -0.25) is 4.99 Å². The fraction of sp³-hybridized carbons (Fsp3) is 0.576. The van der Waals surface area contributed by atoms with Crippen molar-refractivity contribution < 1.29 is 0 Å². The molecule has 1 fully saturated rings. The highest BCUT2D eigenvalue weighted by molar-refractivity contribution is 6.00. The molecule has 38 heavy (non-hydrogen) atoms. The maximum Gasteiger partial charge on any atom is 0.130 e. The Labute approximate surface area is 231 Å². The molecule has 0 N–H and O–H groups in total. The Kier molecular flexibility index (Phi) is 10.4. The van der Waals surface area contributed by atoms with Crippen molar-refractivity contribution in [3.63, 3.8) is 0 Å². The van der Waals surface area contributed by atoms with Gasteiger partial charge in [0.1, 0.15) is 5.84 Å². The number of aliphatic imine (C=N–C) groups is 1. The van der Waals surface area contributed by atoms with Crippen molar-refractivity contribution in [1.82, 2.24) is 19.4 Å². The van der Waals surface area contributed by atoms with E-state index in [1.54, 1.807) is 0 Å². The van der Waals surface area contributed by atoms with Gasteiger partial charge in [-0.2, -0.15) is 5.10 Å². The van der Waals surface area contributed by atoms with Crippen LogP contribution in [0.3, 0.4) is 0 Å². The van der Waals surface area contributed by atoms with Gasteiger partial charge in [-0.1, -0.05) is 64.4 Å². The fourth-order valence-electron chi connectivity index (χ4n) is 5.58. The predicted molar refractivity (Wildman–Crippen MR) is 162 cm³/mol. The molecule has 0 spiro atoms. The van der Waals surface area contributed by atoms with Gasteiger partial charge >= 0.3 is 0 Å². The Morgan fingerprint density at radius 3 is 2.26 bits per heavy atom. The van der Waals surface area contributed by atoms with Crippen LogP contribution in [0.2, 0.25) is 0 Å². The molecule has 0 radical (unpaired) electrons. The SMILES string of the molecule is C/N=C(\c1ccn2nc(-c3ccccc3)c(CCCN3CCCCC3)c2c1)N(CCC(C)C)CCC(C)C. The van der Waals surface area contributed by atoms with E-state index in [-0.39, 0.29) is 0 Å². The van der Waals surface area contributed by atoms with Gasteiger partial charge in [-0.25, -0.2) is 4.52 Å². The van der Waals surface area contributed by atoms with Crippen molar-refractivity contribution in [3.05, 3.63) is 59.8 Å². The van der Waals surface area contributed by atoms with E-state index in [2.05, 4.69) is 90.7 Å². The second kappa shape index (κ2) is 13.9. The number of aryl methyl sites for hydroxylation is 1. The van der Waals surface area contributed by atoms with E-state index in [0.717, 1.165) is 37.5 Å². The van der Waals surface area contributed by atoms with Crippen molar-refractivity contribution in [1.29, 1.82) is 0 Å². The Bertz CT molecular complexity index is 1140. The van der Waals surface area contributed by atoms with Gasteiger partial charge in [0, 0.05) is 43.0 Å². The third kappa shape index (κ3) is 7.47. The van der Waals surface area contributed by atoms with Crippen LogP contribution in [0, 0.1) is 11.8 Å². The van der Waals surface area contributed by atoms with E-state index in [1.807, 2.05) is 7.05 Å². The highest BCUT2D eigenvalue weighted by Gasteiger charge is 2.19. The molecule has 206 valence electrons. The third-order valence-corrected chi connectivity index (χ3v) is 7.86. The number of rotatable bonds is 12. The molecule has 4 rings (SSSR count). The molecule has 0 bridgehead atoms. The van der Waals surface area contributed by atoms with E-state index in [9.17, 15) is 0 Å². The van der Waals surface area contributed by atoms with E-state index in [0.29, 0.717) is 11.8 Å². The maximum atomic E-state index is 5.09. The number of benzene rings is 1. The summed E-state index contributed by atoms with van der Waals surface area (Å²) in [5.41, 5.74) is 6.10. The van der Waals surface area contributed by atoms with Gasteiger partial charge in [0.2, 0.25) is 0 Å². The first-order valence-corrected chi connectivity index (χ1v) is 15.0. The zero-order valence-electron chi connectivity index (χ0n) is 24.5. The highest BCUT2D eigenvalue weighted by Crippen LogP contribution is 2.29. The number of nitrogens with zero attached hydrogens (tertiary/aromatic N) is 5. The molecular formula is C33H49N5. The summed E-state index contributed by atoms with van der Waals surface area (Å²) in [5, 5.41) is 5.09. The fourth-order valence-corrected chi connectivity index (χ4v) is 5.58. The topological polar surface area (TPSA) is 36.1 Å². The highest BCUT2D eigenvalue weighted by atomic mass is 15.2. The van der Waals surface area contributed by atoms with Crippen LogP contribution in [-0.4, -0.2) is 65.0 Å². The predicted octanol–water partition coefficient (Wildman–Crippen LogP) is 7.19. The number of amidine groups is 1. The second-order valence-corrected chi connectivity index (χ2v) is 11.8. The van der Waals surface area contributed by atoms with Crippen molar-refractivity contribution in [3.8, 4) is 11.3 Å². The third-order valence-electron chi connectivity index (χ3n) is 7.86. The van der Waals surface area contributed by atoms with Crippen molar-refractivity contribution in [2.45, 2.75) is 72.6 Å². The zero-order valence-corrected chi connectivity index (χ0v) is 24.5. The molecule has 5 nitrogen and oxygen atoms in total. The molecule has 1 aliphatic heterocycles. The molecule has 1 aliphatic rings. The van der Waals surface area contributed by atoms with E-state index < -0.39 is 0 Å². The Morgan fingerprint density at radius 2 is 1.63 bits per heavy atom. The smallest absolute Gasteiger partial charge is 0.130 e. The lowest BCUT2D eigenvalue weighted by molar-refractivity contribution is 0.226. The van der Waals surface area contributed by atoms with Gasteiger partial charge in [-0.15, -0.1) is 0 Å². The molecule has 3 heterocycles. The number of piperidine rings is 1. The van der Waals surface area contributed by atoms with E-state index >= 15 is 0 Å². The Morgan fingerprint density at radius 1 is 0.947 bits per heavy atom. The first-order valence-electron chi connectivity index (χ1n) is 15.0. The van der Waals surface area contributed by atoms with Crippen LogP contribution in [-0.2, 0) is 6.42 Å². The summed E-state index contributed by atoms with van der Waals surface area (Å²) in [6.07, 6.45) is 10.8. The van der Waals surface area contributed by atoms with Crippen LogP contribution in [0.1, 0.15) is 77.3 Å². The van der Waals surface area contributed by atoms with Crippen molar-refractivity contribution >= 4 is 11.4 Å². The number of likely N-dealkylation sites (tertiary alicyclic amines) is 1. The lowest BCUT2D eigenvalue weighted by Gasteiger charge is -2.28. The molecule has 0 aliphatic carbocycles. The summed E-state index contributed by atoms with van der Waals surface area (Å²) in [6.45, 7) is 15.0. The Hall–Kier alpha value is -2.66. The van der Waals surface area contributed by atoms with Crippen LogP contribution < -0.4 is 0 Å². The molecule has 1 aromatic carbocycles. The van der Waals surface area contributed by atoms with Gasteiger partial charge in [0.15, 0.2) is 0 Å². The summed E-state index contributed by atoms with van der Waals surface area (Å²) in [6, 6.07) is 15.2. The van der Waals surface area contributed by atoms with Crippen molar-refractivity contribution in [2.24, 2.45) is 16.8 Å². The number of fused-ring (bicyclic) bond motifs is 1. The lowest BCUT2D eigenvalue weighted by atomic mass is 10.0. The molecule has 1 saturated heterocycles. The molecular weight excluding hydrogens is 466 g/mol. The zero-order chi connectivity index (χ0) is 26.9. The molecule has 5 heteroatoms. The first-order chi connectivity index (χ1) is 18.5. The summed E-state index contributed by atoms with van der Waals surface area (Å²) in [5.74, 6) is 2.45. The monoisotopic (exact) mass is 515 g/mol. The second-order valence-electron chi connectivity index (χ2n) is 11.8. The Balaban J connectivity index is 1.66. The van der Waals surface area contributed by atoms with Gasteiger partial charge in [0.25, 0.3) is 0 Å². The maximum absolute atomic E-state index is 5.09. The minimum Gasteiger partial charge on any atom is -0.356 e. The molecule has 0 amide bonds. The summed E-state index contributed by atoms with van der Waals surface area (Å²) >= 11 is 0. The summed E-state index contributed by atoms with van der Waals surface area (Å²) in [4.78, 5) is 10.0. The van der Waals surface area contributed by atoms with Crippen LogP contribution >= 0.6 is 0 Å². The lowest BCUT2D eigenvalue weighted by Crippen LogP contribution is -2.35. The summed E-state index contributed by atoms with van der Waals surface area (Å²) in [7, 11) is 1.95. The largest absolute Gasteiger partial charge is 0.356 e. The number of aromatic nitrogens is 2. The standard InChI is InChI=1S/C33H49N5/c1-26(2)16-22-37(23-17-27(3)4)33(34-5)29-18-24-38-31(25-29)30(15-12-21-36-19-10-7-11-20-36)32(35-38)28-13-8-6-9-14-28/h6,8-9,13-14,18,24-27H,7,10-12,15-17,19-23H2,1-5H3/b34-33+. The van der Waals surface area contributed by atoms with E-state index in [1.165, 1.54) is 73.9 Å². The quantitative estimate of drug-likeness (QED) is 0.189. The van der Waals surface area contributed by atoms with Crippen LogP contribution in [0.4, 0.5) is 0 Å². The molecule has 0 unspecified atom stereocenters. The molecule has 2 aromatic heterocycles. The normalized spacial score (nSPS) is 15.2. The minimum absolute atomic E-state index is 0.673. The average molecular weight is 516 g/mol. The molecule has 0 saturated carbocycles. The van der Waals surface area contributed by atoms with Gasteiger partial charge < -0.3 is 9.80 Å². The van der Waals surface area contributed by atoms with Crippen molar-refractivity contribution in [2.75, 3.05) is 39.8 Å². The number of hydrogen-bond acceptors (Lipinski definition) is 3. The van der Waals surface area contributed by atoms with Crippen LogP contribution in [0.5, 0.6) is 0 Å². The van der Waals surface area contributed by atoms with Crippen LogP contribution in [0.25, 0.3) is 16.8 Å². The minimum atomic E-state index is 0.673. The molecule has 0 atom stereocenters. The van der Waals surface area contributed by atoms with Gasteiger partial charge in [-0.05, 0) is 82.1 Å². The van der Waals surface area contributed by atoms with Crippen LogP contribution in [0.15, 0.2) is 53.7 Å². The first kappa shape index (κ1) is 28.4. The van der Waals surface area contributed by atoms with Gasteiger partial charge in [0.05, 0.1) is 11.2 Å². The number of hydrogen-bond donors (Lipinski definition) is 0. The number of pyridine rings is 1. The average Bonchev–Trinajstić information content (AvgIpc) is 3.29. The molecule has 3 aromatic rings.